The Hall–Kier alpha value is -0.840. The normalized spacial score (nSPS) is 26.6. The van der Waals surface area contributed by atoms with Gasteiger partial charge in [-0.3, -0.25) is 0 Å². The first-order valence-corrected chi connectivity index (χ1v) is 6.08. The number of aryl methyl sites for hydroxylation is 1. The van der Waals surface area contributed by atoms with E-state index in [0.29, 0.717) is 6.04 Å². The molecule has 0 spiro atoms. The number of nitrogens with zero attached hydrogens (tertiary/aromatic N) is 1. The molecule has 1 aromatic heterocycles. The van der Waals surface area contributed by atoms with E-state index in [0.717, 1.165) is 38.5 Å². The van der Waals surface area contributed by atoms with Crippen LogP contribution in [0.25, 0.3) is 0 Å². The standard InChI is InChI=1S/C12H18N2O2/c1-2-11(10-4-7-16-12(10)3-1)13-14-5-8-15-9-6-14/h4,7,11,13H,1-3,5-6,8-9H2. The number of morpholine rings is 1. The third-order valence-corrected chi connectivity index (χ3v) is 3.40. The summed E-state index contributed by atoms with van der Waals surface area (Å²) >= 11 is 0. The fourth-order valence-electron chi connectivity index (χ4n) is 2.53. The lowest BCUT2D eigenvalue weighted by atomic mass is 9.94. The molecule has 88 valence electrons. The second-order valence-corrected chi connectivity index (χ2v) is 4.47. The average molecular weight is 222 g/mol. The highest BCUT2D eigenvalue weighted by atomic mass is 16.5. The quantitative estimate of drug-likeness (QED) is 0.822. The largest absolute Gasteiger partial charge is 0.469 e. The van der Waals surface area contributed by atoms with E-state index >= 15 is 0 Å². The average Bonchev–Trinajstić information content (AvgIpc) is 2.80. The summed E-state index contributed by atoms with van der Waals surface area (Å²) in [4.78, 5) is 0. The van der Waals surface area contributed by atoms with E-state index in [4.69, 9.17) is 9.15 Å². The number of hydrogen-bond donors (Lipinski definition) is 1. The summed E-state index contributed by atoms with van der Waals surface area (Å²) in [7, 11) is 0. The molecular formula is C12H18N2O2. The predicted octanol–water partition coefficient (Wildman–Crippen LogP) is 1.49. The molecular weight excluding hydrogens is 204 g/mol. The van der Waals surface area contributed by atoms with Gasteiger partial charge in [0.2, 0.25) is 0 Å². The Bertz CT molecular complexity index is 345. The molecule has 3 rings (SSSR count). The van der Waals surface area contributed by atoms with Crippen molar-refractivity contribution in [3.05, 3.63) is 23.7 Å². The van der Waals surface area contributed by atoms with Crippen LogP contribution in [0.3, 0.4) is 0 Å². The van der Waals surface area contributed by atoms with Gasteiger partial charge in [-0.15, -0.1) is 0 Å². The van der Waals surface area contributed by atoms with Gasteiger partial charge in [0.15, 0.2) is 0 Å². The van der Waals surface area contributed by atoms with Gasteiger partial charge in [0, 0.05) is 31.1 Å². The highest BCUT2D eigenvalue weighted by molar-refractivity contribution is 5.23. The molecule has 4 nitrogen and oxygen atoms in total. The molecule has 1 aliphatic carbocycles. The van der Waals surface area contributed by atoms with Crippen molar-refractivity contribution < 1.29 is 9.15 Å². The zero-order valence-electron chi connectivity index (χ0n) is 9.45. The zero-order chi connectivity index (χ0) is 10.8. The highest BCUT2D eigenvalue weighted by Gasteiger charge is 2.24. The Labute approximate surface area is 95.5 Å². The first-order chi connectivity index (χ1) is 7.93. The number of fused-ring (bicyclic) bond motifs is 1. The van der Waals surface area contributed by atoms with Crippen molar-refractivity contribution in [2.24, 2.45) is 0 Å². The number of hydrazine groups is 1. The molecule has 1 unspecified atom stereocenters. The van der Waals surface area contributed by atoms with Crippen LogP contribution in [-0.4, -0.2) is 31.3 Å². The summed E-state index contributed by atoms with van der Waals surface area (Å²) in [6, 6.07) is 2.53. The lowest BCUT2D eigenvalue weighted by molar-refractivity contribution is 0.00169. The van der Waals surface area contributed by atoms with Gasteiger partial charge in [0.1, 0.15) is 5.76 Å². The summed E-state index contributed by atoms with van der Waals surface area (Å²) in [5, 5.41) is 2.27. The molecule has 0 aromatic carbocycles. The van der Waals surface area contributed by atoms with E-state index in [-0.39, 0.29) is 0 Å². The summed E-state index contributed by atoms with van der Waals surface area (Å²) in [5.41, 5.74) is 4.94. The molecule has 1 N–H and O–H groups in total. The van der Waals surface area contributed by atoms with E-state index < -0.39 is 0 Å². The first kappa shape index (κ1) is 10.3. The van der Waals surface area contributed by atoms with Crippen LogP contribution in [-0.2, 0) is 11.2 Å². The van der Waals surface area contributed by atoms with Crippen LogP contribution >= 0.6 is 0 Å². The molecule has 1 aliphatic heterocycles. The molecule has 1 saturated heterocycles. The second-order valence-electron chi connectivity index (χ2n) is 4.47. The minimum atomic E-state index is 0.431. The van der Waals surface area contributed by atoms with Crippen molar-refractivity contribution in [1.29, 1.82) is 0 Å². The summed E-state index contributed by atoms with van der Waals surface area (Å²) in [6.07, 6.45) is 5.31. The molecule has 0 amide bonds. The zero-order valence-corrected chi connectivity index (χ0v) is 9.45. The molecule has 2 heterocycles. The van der Waals surface area contributed by atoms with Crippen LogP contribution in [0.2, 0.25) is 0 Å². The molecule has 4 heteroatoms. The van der Waals surface area contributed by atoms with Crippen molar-refractivity contribution in [1.82, 2.24) is 10.4 Å². The van der Waals surface area contributed by atoms with Crippen molar-refractivity contribution in [2.75, 3.05) is 26.3 Å². The van der Waals surface area contributed by atoms with E-state index in [9.17, 15) is 0 Å². The maximum atomic E-state index is 5.49. The maximum Gasteiger partial charge on any atom is 0.108 e. The van der Waals surface area contributed by atoms with Crippen molar-refractivity contribution >= 4 is 0 Å². The highest BCUT2D eigenvalue weighted by Crippen LogP contribution is 2.30. The number of furan rings is 1. The van der Waals surface area contributed by atoms with Crippen LogP contribution in [0.5, 0.6) is 0 Å². The van der Waals surface area contributed by atoms with Gasteiger partial charge in [-0.1, -0.05) is 0 Å². The third-order valence-electron chi connectivity index (χ3n) is 3.40. The van der Waals surface area contributed by atoms with Gasteiger partial charge in [0.05, 0.1) is 19.5 Å². The molecule has 16 heavy (non-hydrogen) atoms. The second kappa shape index (κ2) is 4.57. The summed E-state index contributed by atoms with van der Waals surface area (Å²) in [6.45, 7) is 3.61. The SMILES string of the molecule is c1cc2c(o1)CCCC2NN1CCOCC1. The van der Waals surface area contributed by atoms with E-state index in [2.05, 4.69) is 16.5 Å². The van der Waals surface area contributed by atoms with Crippen LogP contribution in [0.15, 0.2) is 16.7 Å². The lowest BCUT2D eigenvalue weighted by Crippen LogP contribution is -2.47. The smallest absolute Gasteiger partial charge is 0.108 e. The third kappa shape index (κ3) is 2.00. The number of ether oxygens (including phenoxy) is 1. The first-order valence-electron chi connectivity index (χ1n) is 6.08. The molecule has 1 atom stereocenters. The minimum absolute atomic E-state index is 0.431. The minimum Gasteiger partial charge on any atom is -0.469 e. The summed E-state index contributed by atoms with van der Waals surface area (Å²) < 4.78 is 10.8. The molecule has 1 fully saturated rings. The molecule has 0 radical (unpaired) electrons. The van der Waals surface area contributed by atoms with Crippen molar-refractivity contribution in [3.63, 3.8) is 0 Å². The van der Waals surface area contributed by atoms with Gasteiger partial charge < -0.3 is 9.15 Å². The van der Waals surface area contributed by atoms with Gasteiger partial charge in [0.25, 0.3) is 0 Å². The van der Waals surface area contributed by atoms with E-state index in [1.807, 2.05) is 6.26 Å². The predicted molar refractivity (Wildman–Crippen MR) is 59.9 cm³/mol. The lowest BCUT2D eigenvalue weighted by Gasteiger charge is -2.33. The number of rotatable bonds is 2. The molecule has 1 aromatic rings. The monoisotopic (exact) mass is 222 g/mol. The van der Waals surface area contributed by atoms with Crippen molar-refractivity contribution in [3.8, 4) is 0 Å². The Kier molecular flexibility index (Phi) is 2.95. The fourth-order valence-corrected chi connectivity index (χ4v) is 2.53. The number of hydrogen-bond acceptors (Lipinski definition) is 4. The maximum absolute atomic E-state index is 5.49. The topological polar surface area (TPSA) is 37.6 Å². The van der Waals surface area contributed by atoms with E-state index in [1.54, 1.807) is 0 Å². The van der Waals surface area contributed by atoms with Gasteiger partial charge in [-0.2, -0.15) is 0 Å². The molecule has 0 saturated carbocycles. The van der Waals surface area contributed by atoms with Gasteiger partial charge in [-0.05, 0) is 18.9 Å². The van der Waals surface area contributed by atoms with Gasteiger partial charge in [-0.25, -0.2) is 10.4 Å². The molecule has 0 bridgehead atoms. The van der Waals surface area contributed by atoms with Crippen LogP contribution < -0.4 is 5.43 Å². The van der Waals surface area contributed by atoms with Crippen LogP contribution in [0.1, 0.15) is 30.2 Å². The van der Waals surface area contributed by atoms with Crippen LogP contribution in [0.4, 0.5) is 0 Å². The Morgan fingerprint density at radius 3 is 3.06 bits per heavy atom. The Morgan fingerprint density at radius 1 is 1.31 bits per heavy atom. The Balaban J connectivity index is 1.67. The van der Waals surface area contributed by atoms with Crippen LogP contribution in [0, 0.1) is 0 Å². The Morgan fingerprint density at radius 2 is 2.19 bits per heavy atom. The van der Waals surface area contributed by atoms with E-state index in [1.165, 1.54) is 18.4 Å². The van der Waals surface area contributed by atoms with Crippen molar-refractivity contribution in [2.45, 2.75) is 25.3 Å². The number of nitrogens with one attached hydrogen (secondary N) is 1. The van der Waals surface area contributed by atoms with Gasteiger partial charge >= 0.3 is 0 Å². The summed E-state index contributed by atoms with van der Waals surface area (Å²) in [5.74, 6) is 1.16. The fraction of sp³-hybridized carbons (Fsp3) is 0.667. The molecule has 2 aliphatic rings.